The first-order valence-corrected chi connectivity index (χ1v) is 10.3. The van der Waals surface area contributed by atoms with E-state index in [4.69, 9.17) is 10.5 Å². The maximum absolute atomic E-state index is 12.8. The summed E-state index contributed by atoms with van der Waals surface area (Å²) in [5.41, 5.74) is 6.50. The Labute approximate surface area is 178 Å². The third kappa shape index (κ3) is 8.51. The fourth-order valence-electron chi connectivity index (χ4n) is 2.78. The lowest BCUT2D eigenvalue weighted by Crippen LogP contribution is -2.58. The zero-order valence-electron chi connectivity index (χ0n) is 18.4. The third-order valence-corrected chi connectivity index (χ3v) is 4.60. The van der Waals surface area contributed by atoms with Crippen molar-refractivity contribution in [2.24, 2.45) is 17.6 Å². The lowest BCUT2D eigenvalue weighted by Gasteiger charge is -2.27. The van der Waals surface area contributed by atoms with Gasteiger partial charge in [0.25, 0.3) is 0 Å². The van der Waals surface area contributed by atoms with Crippen molar-refractivity contribution >= 4 is 17.8 Å². The Balaban J connectivity index is 2.83. The highest BCUT2D eigenvalue weighted by atomic mass is 16.5. The van der Waals surface area contributed by atoms with Crippen molar-refractivity contribution < 1.29 is 24.2 Å². The number of hydrogen-bond donors (Lipinski definition) is 4. The van der Waals surface area contributed by atoms with Gasteiger partial charge in [0.15, 0.2) is 0 Å². The van der Waals surface area contributed by atoms with Gasteiger partial charge in [0.05, 0.1) is 6.10 Å². The quantitative estimate of drug-likeness (QED) is 0.396. The molecule has 0 aliphatic rings. The van der Waals surface area contributed by atoms with Gasteiger partial charge < -0.3 is 26.2 Å². The van der Waals surface area contributed by atoms with Crippen LogP contribution in [0.25, 0.3) is 0 Å². The monoisotopic (exact) mass is 421 g/mol. The van der Waals surface area contributed by atoms with Crippen molar-refractivity contribution in [1.82, 2.24) is 10.6 Å². The number of nitrogens with two attached hydrogens (primary N) is 1. The summed E-state index contributed by atoms with van der Waals surface area (Å²) in [7, 11) is 0. The molecule has 0 heterocycles. The molecule has 0 aliphatic heterocycles. The van der Waals surface area contributed by atoms with Gasteiger partial charge in [0, 0.05) is 0 Å². The topological polar surface area (TPSA) is 131 Å². The average molecular weight is 422 g/mol. The number of esters is 1. The summed E-state index contributed by atoms with van der Waals surface area (Å²) in [5.74, 6) is -1.79. The predicted octanol–water partition coefficient (Wildman–Crippen LogP) is 1.11. The first-order valence-electron chi connectivity index (χ1n) is 10.3. The molecule has 168 valence electrons. The van der Waals surface area contributed by atoms with Gasteiger partial charge >= 0.3 is 5.97 Å². The lowest BCUT2D eigenvalue weighted by molar-refractivity contribution is -0.150. The number of aliphatic hydroxyl groups excluding tert-OH is 1. The largest absolute Gasteiger partial charge is 0.459 e. The molecule has 4 atom stereocenters. The van der Waals surface area contributed by atoms with E-state index >= 15 is 0 Å². The Kier molecular flexibility index (Phi) is 10.5. The highest BCUT2D eigenvalue weighted by Crippen LogP contribution is 2.11. The second-order valence-corrected chi connectivity index (χ2v) is 8.28. The third-order valence-electron chi connectivity index (χ3n) is 4.60. The van der Waals surface area contributed by atoms with Crippen molar-refractivity contribution in [2.45, 2.75) is 71.9 Å². The van der Waals surface area contributed by atoms with Crippen LogP contribution in [0.4, 0.5) is 0 Å². The summed E-state index contributed by atoms with van der Waals surface area (Å²) >= 11 is 0. The summed E-state index contributed by atoms with van der Waals surface area (Å²) in [6.45, 7) is 8.92. The second-order valence-electron chi connectivity index (χ2n) is 8.28. The Bertz CT molecular complexity index is 691. The predicted molar refractivity (Wildman–Crippen MR) is 114 cm³/mol. The van der Waals surface area contributed by atoms with Gasteiger partial charge in [-0.3, -0.25) is 9.59 Å². The van der Waals surface area contributed by atoms with Crippen molar-refractivity contribution in [3.8, 4) is 0 Å². The molecule has 0 saturated carbocycles. The summed E-state index contributed by atoms with van der Waals surface area (Å²) in [6, 6.07) is 6.37. The number of ether oxygens (including phenoxy) is 1. The summed E-state index contributed by atoms with van der Waals surface area (Å²) in [5, 5.41) is 14.8. The maximum atomic E-state index is 12.8. The van der Waals surface area contributed by atoms with E-state index in [2.05, 4.69) is 10.6 Å². The van der Waals surface area contributed by atoms with Crippen molar-refractivity contribution in [2.75, 3.05) is 0 Å². The smallest absolute Gasteiger partial charge is 0.328 e. The Morgan fingerprint density at radius 3 is 2.10 bits per heavy atom. The fraction of sp³-hybridized carbons (Fsp3) is 0.591. The van der Waals surface area contributed by atoms with Crippen LogP contribution in [0.1, 0.15) is 46.6 Å². The van der Waals surface area contributed by atoms with Crippen molar-refractivity contribution in [3.63, 3.8) is 0 Å². The molecule has 8 heteroatoms. The molecule has 2 amide bonds. The lowest BCUT2D eigenvalue weighted by atomic mass is 10.00. The fourth-order valence-corrected chi connectivity index (χ4v) is 2.78. The van der Waals surface area contributed by atoms with E-state index in [0.29, 0.717) is 6.42 Å². The minimum Gasteiger partial charge on any atom is -0.459 e. The first-order chi connectivity index (χ1) is 14.0. The van der Waals surface area contributed by atoms with E-state index in [1.807, 2.05) is 44.2 Å². The summed E-state index contributed by atoms with van der Waals surface area (Å²) in [6.07, 6.45) is -0.659. The number of carbonyl (C=O) groups excluding carboxylic acids is 3. The molecule has 0 aliphatic carbocycles. The van der Waals surface area contributed by atoms with Crippen LogP contribution in [-0.4, -0.2) is 47.1 Å². The van der Waals surface area contributed by atoms with Gasteiger partial charge in [-0.25, -0.2) is 4.79 Å². The van der Waals surface area contributed by atoms with Crippen LogP contribution >= 0.6 is 0 Å². The minimum absolute atomic E-state index is 0.109. The molecule has 0 unspecified atom stereocenters. The van der Waals surface area contributed by atoms with Crippen LogP contribution in [0, 0.1) is 11.8 Å². The van der Waals surface area contributed by atoms with Gasteiger partial charge in [-0.05, 0) is 30.7 Å². The Morgan fingerprint density at radius 1 is 1.00 bits per heavy atom. The number of carbonyl (C=O) groups is 3. The molecule has 0 aromatic heterocycles. The Morgan fingerprint density at radius 2 is 1.60 bits per heavy atom. The minimum atomic E-state index is -1.15. The SMILES string of the molecule is CC(C)C[C@H](NC(=O)[C@@H](NC(=O)[C@@H](N)[C@@H](C)O)C(C)C)C(=O)OCc1ccccc1. The molecular weight excluding hydrogens is 386 g/mol. The zero-order chi connectivity index (χ0) is 22.8. The molecule has 0 bridgehead atoms. The van der Waals surface area contributed by atoms with Crippen molar-refractivity contribution in [1.29, 1.82) is 0 Å². The normalized spacial score (nSPS) is 15.2. The van der Waals surface area contributed by atoms with E-state index in [9.17, 15) is 19.5 Å². The Hall–Kier alpha value is -2.45. The molecule has 0 saturated heterocycles. The van der Waals surface area contributed by atoms with Gasteiger partial charge in [0.2, 0.25) is 11.8 Å². The van der Waals surface area contributed by atoms with Gasteiger partial charge in [0.1, 0.15) is 24.7 Å². The average Bonchev–Trinajstić information content (AvgIpc) is 2.68. The molecule has 0 spiro atoms. The molecule has 0 fully saturated rings. The van der Waals surface area contributed by atoms with Crippen LogP contribution in [0.15, 0.2) is 30.3 Å². The van der Waals surface area contributed by atoms with Crippen LogP contribution in [0.2, 0.25) is 0 Å². The van der Waals surface area contributed by atoms with Crippen molar-refractivity contribution in [3.05, 3.63) is 35.9 Å². The number of rotatable bonds is 11. The zero-order valence-corrected chi connectivity index (χ0v) is 18.4. The van der Waals surface area contributed by atoms with Crippen LogP contribution < -0.4 is 16.4 Å². The van der Waals surface area contributed by atoms with Gasteiger partial charge in [-0.1, -0.05) is 58.0 Å². The van der Waals surface area contributed by atoms with E-state index in [0.717, 1.165) is 5.56 Å². The molecular formula is C22H35N3O5. The van der Waals surface area contributed by atoms with Gasteiger partial charge in [-0.15, -0.1) is 0 Å². The number of aliphatic hydroxyl groups is 1. The standard InChI is InChI=1S/C22H35N3O5/c1-13(2)11-17(22(29)30-12-16-9-7-6-8-10-16)24-21(28)19(14(3)4)25-20(27)18(23)15(5)26/h6-10,13-15,17-19,26H,11-12,23H2,1-5H3,(H,24,28)(H,25,27)/t15-,17+,18+,19+/m1/s1. The highest BCUT2D eigenvalue weighted by molar-refractivity contribution is 5.92. The van der Waals surface area contributed by atoms with Crippen LogP contribution in [0.3, 0.4) is 0 Å². The van der Waals surface area contributed by atoms with E-state index < -0.39 is 42.0 Å². The maximum Gasteiger partial charge on any atom is 0.328 e. The van der Waals surface area contributed by atoms with Crippen LogP contribution in [-0.2, 0) is 25.7 Å². The highest BCUT2D eigenvalue weighted by Gasteiger charge is 2.31. The number of benzene rings is 1. The van der Waals surface area contributed by atoms with Crippen LogP contribution in [0.5, 0.6) is 0 Å². The molecule has 1 aromatic rings. The molecule has 0 radical (unpaired) electrons. The molecule has 8 nitrogen and oxygen atoms in total. The molecule has 1 aromatic carbocycles. The number of nitrogens with one attached hydrogen (secondary N) is 2. The molecule has 1 rings (SSSR count). The van der Waals surface area contributed by atoms with Gasteiger partial charge in [-0.2, -0.15) is 0 Å². The van der Waals surface area contributed by atoms with E-state index in [-0.39, 0.29) is 18.4 Å². The number of amides is 2. The number of hydrogen-bond acceptors (Lipinski definition) is 6. The van der Waals surface area contributed by atoms with E-state index in [1.165, 1.54) is 6.92 Å². The first kappa shape index (κ1) is 25.6. The molecule has 30 heavy (non-hydrogen) atoms. The summed E-state index contributed by atoms with van der Waals surface area (Å²) in [4.78, 5) is 37.7. The second kappa shape index (κ2) is 12.3. The molecule has 5 N–H and O–H groups in total. The van der Waals surface area contributed by atoms with E-state index in [1.54, 1.807) is 13.8 Å². The summed E-state index contributed by atoms with van der Waals surface area (Å²) < 4.78 is 5.39.